The van der Waals surface area contributed by atoms with Crippen LogP contribution >= 0.6 is 0 Å². The molecule has 5 amide bonds. The fourth-order valence-electron chi connectivity index (χ4n) is 5.33. The van der Waals surface area contributed by atoms with Gasteiger partial charge in [0.25, 0.3) is 11.8 Å². The fraction of sp³-hybridized carbons (Fsp3) is 0.636. The van der Waals surface area contributed by atoms with Gasteiger partial charge in [-0.05, 0) is 37.8 Å². The number of ether oxygens (including phenoxy) is 3. The van der Waals surface area contributed by atoms with Gasteiger partial charge in [0.1, 0.15) is 12.6 Å². The zero-order chi connectivity index (χ0) is 32.4. The van der Waals surface area contributed by atoms with Crippen molar-refractivity contribution in [1.29, 1.82) is 0 Å². The number of hydrogen-bond donors (Lipinski definition) is 2. The maximum absolute atomic E-state index is 13.1. The zero-order valence-corrected chi connectivity index (χ0v) is 26.4. The van der Waals surface area contributed by atoms with Crippen molar-refractivity contribution in [2.45, 2.75) is 103 Å². The van der Waals surface area contributed by atoms with Crippen molar-refractivity contribution < 1.29 is 43.0 Å². The van der Waals surface area contributed by atoms with Crippen LogP contribution in [0.2, 0.25) is 0 Å². The minimum atomic E-state index is -1.07. The monoisotopic (exact) mass is 629 g/mol. The highest BCUT2D eigenvalue weighted by Gasteiger charge is 2.45. The second kappa shape index (κ2) is 19.7. The summed E-state index contributed by atoms with van der Waals surface area (Å²) < 4.78 is 16.2. The van der Waals surface area contributed by atoms with Crippen LogP contribution in [-0.2, 0) is 33.4 Å². The molecule has 1 saturated heterocycles. The molecule has 0 saturated carbocycles. The number of imide groups is 2. The Morgan fingerprint density at radius 1 is 0.822 bits per heavy atom. The van der Waals surface area contributed by atoms with Gasteiger partial charge in [0.05, 0.1) is 36.6 Å². The summed E-state index contributed by atoms with van der Waals surface area (Å²) in [6.45, 7) is 4.13. The second-order valence-electron chi connectivity index (χ2n) is 11.4. The number of nitrogens with zero attached hydrogens (tertiary/aromatic N) is 1. The average Bonchev–Trinajstić information content (AvgIpc) is 3.27. The van der Waals surface area contributed by atoms with Crippen molar-refractivity contribution in [2.75, 3.05) is 38.4 Å². The van der Waals surface area contributed by atoms with Crippen LogP contribution in [0.4, 0.5) is 5.69 Å². The zero-order valence-electron chi connectivity index (χ0n) is 26.4. The van der Waals surface area contributed by atoms with Gasteiger partial charge in [-0.25, -0.2) is 0 Å². The Labute approximate surface area is 264 Å². The number of unbranched alkanes of at least 4 members (excludes halogenated alkanes) is 8. The molecule has 0 bridgehead atoms. The molecular weight excluding hydrogens is 582 g/mol. The Kier molecular flexibility index (Phi) is 15.7. The molecule has 0 aromatic heterocycles. The Morgan fingerprint density at radius 2 is 1.49 bits per heavy atom. The number of esters is 1. The molecule has 1 aromatic carbocycles. The van der Waals surface area contributed by atoms with Crippen LogP contribution in [0.3, 0.4) is 0 Å². The minimum Gasteiger partial charge on any atom is -0.463 e. The molecule has 12 nitrogen and oxygen atoms in total. The number of fused-ring (bicyclic) bond motifs is 1. The van der Waals surface area contributed by atoms with Crippen LogP contribution in [0.1, 0.15) is 118 Å². The standard InChI is InChI=1S/C33H47N3O9/c1-2-3-4-5-6-7-10-16-29(39)45-23-22-44-21-20-43-19-11-8-9-15-27(37)34-25-14-12-13-24-30(25)33(42)36(32(24)41)26-17-18-28(38)35-31(26)40/h12-14,26H,2-11,15-23H2,1H3,(H,34,37)(H,35,38,40). The molecule has 2 heterocycles. The van der Waals surface area contributed by atoms with E-state index in [-0.39, 0.29) is 54.6 Å². The van der Waals surface area contributed by atoms with Crippen LogP contribution in [0.15, 0.2) is 18.2 Å². The van der Waals surface area contributed by atoms with Gasteiger partial charge in [-0.15, -0.1) is 0 Å². The van der Waals surface area contributed by atoms with Gasteiger partial charge in [-0.1, -0.05) is 57.9 Å². The topological polar surface area (TPSA) is 157 Å². The third-order valence-corrected chi connectivity index (χ3v) is 7.78. The summed E-state index contributed by atoms with van der Waals surface area (Å²) >= 11 is 0. The van der Waals surface area contributed by atoms with Crippen molar-refractivity contribution in [3.05, 3.63) is 29.3 Å². The normalized spacial score (nSPS) is 16.1. The number of rotatable bonds is 22. The lowest BCUT2D eigenvalue weighted by atomic mass is 10.0. The molecule has 45 heavy (non-hydrogen) atoms. The Balaban J connectivity index is 1.21. The van der Waals surface area contributed by atoms with Gasteiger partial charge in [0.15, 0.2) is 0 Å². The second-order valence-corrected chi connectivity index (χ2v) is 11.4. The molecule has 3 rings (SSSR count). The molecule has 0 radical (unpaired) electrons. The molecule has 2 N–H and O–H groups in total. The van der Waals surface area contributed by atoms with Crippen molar-refractivity contribution >= 4 is 41.2 Å². The van der Waals surface area contributed by atoms with Gasteiger partial charge in [0, 0.05) is 25.9 Å². The number of piperidine rings is 1. The van der Waals surface area contributed by atoms with Crippen molar-refractivity contribution in [2.24, 2.45) is 0 Å². The van der Waals surface area contributed by atoms with E-state index in [1.165, 1.54) is 38.2 Å². The van der Waals surface area contributed by atoms with Crippen LogP contribution in [0.25, 0.3) is 0 Å². The number of nitrogens with one attached hydrogen (secondary N) is 2. The van der Waals surface area contributed by atoms with Crippen molar-refractivity contribution in [3.8, 4) is 0 Å². The summed E-state index contributed by atoms with van der Waals surface area (Å²) in [6, 6.07) is 3.53. The van der Waals surface area contributed by atoms with Gasteiger partial charge < -0.3 is 19.5 Å². The number of benzene rings is 1. The van der Waals surface area contributed by atoms with E-state index in [4.69, 9.17) is 14.2 Å². The lowest BCUT2D eigenvalue weighted by Gasteiger charge is -2.27. The predicted molar refractivity (Wildman–Crippen MR) is 165 cm³/mol. The first-order valence-corrected chi connectivity index (χ1v) is 16.3. The summed E-state index contributed by atoms with van der Waals surface area (Å²) in [6.07, 6.45) is 11.0. The van der Waals surface area contributed by atoms with E-state index in [2.05, 4.69) is 17.6 Å². The highest BCUT2D eigenvalue weighted by Crippen LogP contribution is 2.32. The molecule has 0 aliphatic carbocycles. The van der Waals surface area contributed by atoms with Crippen molar-refractivity contribution in [3.63, 3.8) is 0 Å². The molecular formula is C33H47N3O9. The quantitative estimate of drug-likeness (QED) is 0.108. The summed E-state index contributed by atoms with van der Waals surface area (Å²) in [7, 11) is 0. The molecule has 248 valence electrons. The highest BCUT2D eigenvalue weighted by molar-refractivity contribution is 6.26. The Bertz CT molecular complexity index is 1190. The number of carbonyl (C=O) groups excluding carboxylic acids is 6. The lowest BCUT2D eigenvalue weighted by Crippen LogP contribution is -2.54. The Hall–Kier alpha value is -3.64. The van der Waals surface area contributed by atoms with E-state index in [0.29, 0.717) is 39.3 Å². The van der Waals surface area contributed by atoms with Crippen LogP contribution in [-0.4, -0.2) is 79.5 Å². The van der Waals surface area contributed by atoms with Crippen LogP contribution in [0, 0.1) is 0 Å². The number of hydrogen-bond acceptors (Lipinski definition) is 9. The Morgan fingerprint density at radius 3 is 2.24 bits per heavy atom. The van der Waals surface area contributed by atoms with Gasteiger partial charge in [0.2, 0.25) is 17.7 Å². The maximum atomic E-state index is 13.1. The number of carbonyl (C=O) groups is 6. The highest BCUT2D eigenvalue weighted by atomic mass is 16.6. The smallest absolute Gasteiger partial charge is 0.305 e. The summed E-state index contributed by atoms with van der Waals surface area (Å²) in [4.78, 5) is 75.1. The minimum absolute atomic E-state index is 0.0320. The number of anilines is 1. The van der Waals surface area contributed by atoms with Crippen molar-refractivity contribution in [1.82, 2.24) is 10.2 Å². The molecule has 1 unspecified atom stereocenters. The molecule has 1 atom stereocenters. The first kappa shape index (κ1) is 35.8. The first-order chi connectivity index (χ1) is 21.8. The van der Waals surface area contributed by atoms with E-state index in [0.717, 1.165) is 30.6 Å². The fourth-order valence-corrected chi connectivity index (χ4v) is 5.33. The largest absolute Gasteiger partial charge is 0.463 e. The molecule has 1 fully saturated rings. The van der Waals surface area contributed by atoms with Gasteiger partial charge >= 0.3 is 5.97 Å². The first-order valence-electron chi connectivity index (χ1n) is 16.3. The van der Waals surface area contributed by atoms with Crippen LogP contribution in [0.5, 0.6) is 0 Å². The lowest BCUT2D eigenvalue weighted by molar-refractivity contribution is -0.145. The maximum Gasteiger partial charge on any atom is 0.305 e. The van der Waals surface area contributed by atoms with Gasteiger partial charge in [-0.3, -0.25) is 39.0 Å². The predicted octanol–water partition coefficient (Wildman–Crippen LogP) is 4.30. The summed E-state index contributed by atoms with van der Waals surface area (Å²) in [5, 5.41) is 4.89. The third kappa shape index (κ3) is 11.7. The van der Waals surface area contributed by atoms with E-state index < -0.39 is 29.7 Å². The van der Waals surface area contributed by atoms with E-state index in [1.54, 1.807) is 12.1 Å². The molecule has 1 aromatic rings. The van der Waals surface area contributed by atoms with E-state index in [1.807, 2.05) is 0 Å². The average molecular weight is 630 g/mol. The van der Waals surface area contributed by atoms with Crippen LogP contribution < -0.4 is 10.6 Å². The SMILES string of the molecule is CCCCCCCCCC(=O)OCCOCCOCCCCCC(=O)Nc1cccc2c1C(=O)N(C1CCC(=O)NC1=O)C2=O. The third-order valence-electron chi connectivity index (χ3n) is 7.78. The van der Waals surface area contributed by atoms with Gasteiger partial charge in [-0.2, -0.15) is 0 Å². The number of amides is 5. The van der Waals surface area contributed by atoms with E-state index >= 15 is 0 Å². The summed E-state index contributed by atoms with van der Waals surface area (Å²) in [5.74, 6) is -2.88. The summed E-state index contributed by atoms with van der Waals surface area (Å²) in [5.41, 5.74) is 0.387. The van der Waals surface area contributed by atoms with E-state index in [9.17, 15) is 28.8 Å². The molecule has 12 heteroatoms. The molecule has 2 aliphatic rings. The molecule has 2 aliphatic heterocycles. The molecule has 0 spiro atoms.